The largest absolute Gasteiger partial charge is 0.494 e. The summed E-state index contributed by atoms with van der Waals surface area (Å²) < 4.78 is 7.89. The van der Waals surface area contributed by atoms with Crippen LogP contribution in [-0.2, 0) is 0 Å². The van der Waals surface area contributed by atoms with E-state index in [1.807, 2.05) is 85.8 Å². The minimum atomic E-state index is -0.414. The Morgan fingerprint density at radius 2 is 1.42 bits per heavy atom. The van der Waals surface area contributed by atoms with Crippen LogP contribution in [0.15, 0.2) is 126 Å². The molecule has 4 aromatic carbocycles. The van der Waals surface area contributed by atoms with Crippen molar-refractivity contribution in [3.8, 4) is 34.0 Å². The maximum Gasteiger partial charge on any atom is 0.339 e. The first kappa shape index (κ1) is 24.6. The van der Waals surface area contributed by atoms with Gasteiger partial charge in [0.2, 0.25) is 0 Å². The van der Waals surface area contributed by atoms with Crippen LogP contribution in [0.25, 0.3) is 28.2 Å². The minimum Gasteiger partial charge on any atom is -0.494 e. The molecule has 2 N–H and O–H groups in total. The van der Waals surface area contributed by atoms with E-state index < -0.39 is 6.03 Å². The molecule has 0 atom stereocenters. The molecule has 6 heteroatoms. The Labute approximate surface area is 222 Å². The highest BCUT2D eigenvalue weighted by molar-refractivity contribution is 5.95. The average Bonchev–Trinajstić information content (AvgIpc) is 3.34. The Hall–Kier alpha value is -5.10. The minimum absolute atomic E-state index is 0.414. The zero-order valence-electron chi connectivity index (χ0n) is 21.0. The molecule has 0 aliphatic rings. The van der Waals surface area contributed by atoms with Crippen LogP contribution >= 0.6 is 0 Å². The highest BCUT2D eigenvalue weighted by Crippen LogP contribution is 2.35. The second-order valence-corrected chi connectivity index (χ2v) is 8.52. The zero-order chi connectivity index (χ0) is 26.2. The van der Waals surface area contributed by atoms with Crippen molar-refractivity contribution in [3.05, 3.63) is 127 Å². The van der Waals surface area contributed by atoms with Gasteiger partial charge in [0.25, 0.3) is 0 Å². The van der Waals surface area contributed by atoms with Crippen LogP contribution in [0.1, 0.15) is 12.5 Å². The molecule has 0 saturated carbocycles. The molecule has 5 aromatic rings. The fourth-order valence-corrected chi connectivity index (χ4v) is 4.31. The number of ether oxygens (including phenoxy) is 1. The molecule has 1 aromatic heterocycles. The number of aromatic nitrogens is 1. The summed E-state index contributed by atoms with van der Waals surface area (Å²) in [5, 5.41) is 7.06. The van der Waals surface area contributed by atoms with Gasteiger partial charge in [-0.3, -0.25) is 0 Å². The molecule has 1 heterocycles. The molecule has 38 heavy (non-hydrogen) atoms. The molecule has 2 amide bonds. The van der Waals surface area contributed by atoms with E-state index in [1.165, 1.54) is 0 Å². The topological polar surface area (TPSA) is 67.6 Å². The third-order valence-corrected chi connectivity index (χ3v) is 5.95. The number of hydrogen-bond donors (Lipinski definition) is 2. The highest BCUT2D eigenvalue weighted by atomic mass is 16.5. The van der Waals surface area contributed by atoms with Crippen molar-refractivity contribution in [1.82, 2.24) is 9.99 Å². The van der Waals surface area contributed by atoms with Crippen molar-refractivity contribution in [2.45, 2.75) is 6.92 Å². The Morgan fingerprint density at radius 1 is 0.816 bits per heavy atom. The summed E-state index contributed by atoms with van der Waals surface area (Å²) in [6, 6.07) is 39.4. The summed E-state index contributed by atoms with van der Waals surface area (Å²) in [4.78, 5) is 12.4. The van der Waals surface area contributed by atoms with Gasteiger partial charge in [-0.05, 0) is 60.5 Å². The van der Waals surface area contributed by atoms with Crippen molar-refractivity contribution in [2.24, 2.45) is 5.10 Å². The first-order chi connectivity index (χ1) is 18.7. The van der Waals surface area contributed by atoms with Crippen molar-refractivity contribution in [1.29, 1.82) is 0 Å². The number of benzene rings is 4. The second kappa shape index (κ2) is 11.8. The van der Waals surface area contributed by atoms with Gasteiger partial charge in [-0.1, -0.05) is 78.9 Å². The van der Waals surface area contributed by atoms with Crippen molar-refractivity contribution in [2.75, 3.05) is 11.9 Å². The molecular weight excluding hydrogens is 472 g/mol. The molecule has 0 spiro atoms. The third kappa shape index (κ3) is 5.65. The number of hydrogen-bond acceptors (Lipinski definition) is 3. The van der Waals surface area contributed by atoms with E-state index >= 15 is 0 Å². The third-order valence-electron chi connectivity index (χ3n) is 5.95. The number of rotatable bonds is 8. The number of amides is 2. The number of anilines is 1. The molecule has 0 radical (unpaired) electrons. The van der Waals surface area contributed by atoms with Gasteiger partial charge < -0.3 is 14.6 Å². The van der Waals surface area contributed by atoms with E-state index in [2.05, 4.69) is 62.9 Å². The van der Waals surface area contributed by atoms with Crippen LogP contribution < -0.4 is 15.5 Å². The van der Waals surface area contributed by atoms with Crippen molar-refractivity contribution in [3.63, 3.8) is 0 Å². The summed E-state index contributed by atoms with van der Waals surface area (Å²) in [5.41, 5.74) is 9.18. The lowest BCUT2D eigenvalue weighted by Crippen LogP contribution is -2.24. The van der Waals surface area contributed by atoms with Gasteiger partial charge in [-0.15, -0.1) is 0 Å². The van der Waals surface area contributed by atoms with Gasteiger partial charge in [0, 0.05) is 16.9 Å². The predicted octanol–water partition coefficient (Wildman–Crippen LogP) is 7.37. The summed E-state index contributed by atoms with van der Waals surface area (Å²) in [5.74, 6) is 0.821. The van der Waals surface area contributed by atoms with Gasteiger partial charge >= 0.3 is 6.03 Å². The van der Waals surface area contributed by atoms with Crippen molar-refractivity contribution < 1.29 is 9.53 Å². The van der Waals surface area contributed by atoms with Crippen LogP contribution in [-0.4, -0.2) is 23.4 Å². The van der Waals surface area contributed by atoms with Gasteiger partial charge in [-0.2, -0.15) is 5.10 Å². The van der Waals surface area contributed by atoms with Gasteiger partial charge in [-0.25, -0.2) is 10.2 Å². The lowest BCUT2D eigenvalue weighted by atomic mass is 10.1. The normalized spacial score (nSPS) is 10.9. The monoisotopic (exact) mass is 500 g/mol. The first-order valence-electron chi connectivity index (χ1n) is 12.5. The van der Waals surface area contributed by atoms with Gasteiger partial charge in [0.1, 0.15) is 5.75 Å². The fraction of sp³-hybridized carbons (Fsp3) is 0.0625. The highest BCUT2D eigenvalue weighted by Gasteiger charge is 2.19. The first-order valence-corrected chi connectivity index (χ1v) is 12.5. The van der Waals surface area contributed by atoms with Crippen molar-refractivity contribution >= 4 is 17.9 Å². The number of carbonyl (C=O) groups is 1. The lowest BCUT2D eigenvalue weighted by molar-refractivity contribution is 0.252. The number of nitrogens with one attached hydrogen (secondary N) is 2. The van der Waals surface area contributed by atoms with E-state index in [-0.39, 0.29) is 0 Å². The quantitative estimate of drug-likeness (QED) is 0.173. The summed E-state index contributed by atoms with van der Waals surface area (Å²) in [6.07, 6.45) is 1.68. The molecule has 188 valence electrons. The van der Waals surface area contributed by atoms with Crippen LogP contribution in [0.2, 0.25) is 0 Å². The number of urea groups is 1. The van der Waals surface area contributed by atoms with E-state index in [0.29, 0.717) is 12.3 Å². The average molecular weight is 501 g/mol. The molecular formula is C32H28N4O2. The van der Waals surface area contributed by atoms with E-state index in [4.69, 9.17) is 4.74 Å². The van der Waals surface area contributed by atoms with E-state index in [9.17, 15) is 4.79 Å². The molecule has 0 bridgehead atoms. The Morgan fingerprint density at radius 3 is 2.05 bits per heavy atom. The SMILES string of the molecule is CCOc1ccc(-n2c(-c3ccccc3)cc(/C=N\NC(=O)Nc3ccccc3)c2-c2ccccc2)cc1. The summed E-state index contributed by atoms with van der Waals surface area (Å²) in [6.45, 7) is 2.58. The predicted molar refractivity (Wildman–Crippen MR) is 154 cm³/mol. The Bertz CT molecular complexity index is 1510. The molecule has 5 rings (SSSR count). The van der Waals surface area contributed by atoms with Gasteiger partial charge in [0.05, 0.1) is 24.2 Å². The van der Waals surface area contributed by atoms with Crippen LogP contribution in [0, 0.1) is 0 Å². The van der Waals surface area contributed by atoms with E-state index in [1.54, 1.807) is 6.21 Å². The van der Waals surface area contributed by atoms with Crippen LogP contribution in [0.5, 0.6) is 5.75 Å². The van der Waals surface area contributed by atoms with Crippen LogP contribution in [0.4, 0.5) is 10.5 Å². The second-order valence-electron chi connectivity index (χ2n) is 8.52. The molecule has 6 nitrogen and oxygen atoms in total. The summed E-state index contributed by atoms with van der Waals surface area (Å²) >= 11 is 0. The lowest BCUT2D eigenvalue weighted by Gasteiger charge is -2.15. The maximum atomic E-state index is 12.4. The van der Waals surface area contributed by atoms with Gasteiger partial charge in [0.15, 0.2) is 0 Å². The fourth-order valence-electron chi connectivity index (χ4n) is 4.31. The Balaban J connectivity index is 1.57. The number of hydrazone groups is 1. The van der Waals surface area contributed by atoms with E-state index in [0.717, 1.165) is 39.5 Å². The molecule has 0 saturated heterocycles. The molecule has 0 unspecified atom stereocenters. The Kier molecular flexibility index (Phi) is 7.61. The number of nitrogens with zero attached hydrogens (tertiary/aromatic N) is 2. The maximum absolute atomic E-state index is 12.4. The molecule has 0 aliphatic heterocycles. The number of para-hydroxylation sites is 1. The zero-order valence-corrected chi connectivity index (χ0v) is 21.0. The molecule has 0 fully saturated rings. The summed E-state index contributed by atoms with van der Waals surface area (Å²) in [7, 11) is 0. The number of carbonyl (C=O) groups excluding carboxylic acids is 1. The smallest absolute Gasteiger partial charge is 0.339 e. The molecule has 0 aliphatic carbocycles. The van der Waals surface area contributed by atoms with Crippen LogP contribution in [0.3, 0.4) is 0 Å². The standard InChI is InChI=1S/C32H28N4O2/c1-2-38-29-20-18-28(19-21-29)36-30(24-12-6-3-7-13-24)22-26(31(36)25-14-8-4-9-15-25)23-33-35-32(37)34-27-16-10-5-11-17-27/h3-23H,2H2,1H3,(H2,34,35,37)/b33-23-.